The van der Waals surface area contributed by atoms with Gasteiger partial charge in [0.15, 0.2) is 5.44 Å². The monoisotopic (exact) mass is 216 g/mol. The molecule has 1 rings (SSSR count). The average Bonchev–Trinajstić information content (AvgIpc) is 2.15. The third-order valence-corrected chi connectivity index (χ3v) is 3.08. The lowest BCUT2D eigenvalue weighted by Crippen LogP contribution is -2.25. The maximum Gasteiger partial charge on any atom is 0.292 e. The first-order valence-electron chi connectivity index (χ1n) is 4.12. The molecule has 0 saturated carbocycles. The Morgan fingerprint density at radius 2 is 1.71 bits per heavy atom. The Bertz CT molecular complexity index is 385. The van der Waals surface area contributed by atoms with E-state index in [2.05, 4.69) is 0 Å². The van der Waals surface area contributed by atoms with E-state index in [1.54, 1.807) is 30.3 Å². The molecule has 2 atom stereocenters. The molecule has 0 aromatic heterocycles. The predicted octanol–water partition coefficient (Wildman–Crippen LogP) is 0.996. The van der Waals surface area contributed by atoms with Crippen LogP contribution in [0, 0.1) is 0 Å². The lowest BCUT2D eigenvalue weighted by atomic mass is 10.0. The van der Waals surface area contributed by atoms with Gasteiger partial charge in [0, 0.05) is 5.92 Å². The smallest absolute Gasteiger partial charge is 0.292 e. The summed E-state index contributed by atoms with van der Waals surface area (Å²) in [6.07, 6.45) is 0. The Hall–Kier alpha value is -0.910. The van der Waals surface area contributed by atoms with Crippen LogP contribution in [0.5, 0.6) is 0 Å². The van der Waals surface area contributed by atoms with Gasteiger partial charge in [0.2, 0.25) is 0 Å². The van der Waals surface area contributed by atoms with E-state index in [0.29, 0.717) is 5.56 Å². The number of aliphatic hydroxyl groups is 1. The van der Waals surface area contributed by atoms with Gasteiger partial charge in [-0.05, 0) is 5.56 Å². The predicted molar refractivity (Wildman–Crippen MR) is 52.4 cm³/mol. The highest BCUT2D eigenvalue weighted by Crippen LogP contribution is 2.21. The van der Waals surface area contributed by atoms with Crippen LogP contribution in [-0.4, -0.2) is 23.5 Å². The third-order valence-electron chi connectivity index (χ3n) is 2.06. The van der Waals surface area contributed by atoms with Crippen molar-refractivity contribution in [2.45, 2.75) is 18.3 Å². The number of rotatable bonds is 3. The van der Waals surface area contributed by atoms with Gasteiger partial charge in [-0.1, -0.05) is 37.3 Å². The van der Waals surface area contributed by atoms with E-state index in [4.69, 9.17) is 4.55 Å². The molecule has 2 N–H and O–H groups in total. The van der Waals surface area contributed by atoms with E-state index < -0.39 is 21.5 Å². The number of hydrogen-bond donors (Lipinski definition) is 2. The molecule has 0 bridgehead atoms. The van der Waals surface area contributed by atoms with Gasteiger partial charge in [-0.3, -0.25) is 4.55 Å². The molecule has 0 amide bonds. The average molecular weight is 216 g/mol. The van der Waals surface area contributed by atoms with Gasteiger partial charge in [-0.15, -0.1) is 0 Å². The first kappa shape index (κ1) is 11.2. The molecular weight excluding hydrogens is 204 g/mol. The normalized spacial score (nSPS) is 16.2. The van der Waals surface area contributed by atoms with Gasteiger partial charge in [0.1, 0.15) is 0 Å². The minimum atomic E-state index is -4.39. The van der Waals surface area contributed by atoms with Crippen LogP contribution in [0.15, 0.2) is 30.3 Å². The second-order valence-electron chi connectivity index (χ2n) is 3.10. The maximum absolute atomic E-state index is 10.7. The Kier molecular flexibility index (Phi) is 3.25. The van der Waals surface area contributed by atoms with Crippen LogP contribution in [0.2, 0.25) is 0 Å². The Labute approximate surface area is 82.9 Å². The fourth-order valence-electron chi connectivity index (χ4n) is 1.18. The highest BCUT2D eigenvalue weighted by molar-refractivity contribution is 7.86. The zero-order valence-corrected chi connectivity index (χ0v) is 8.48. The van der Waals surface area contributed by atoms with Crippen LogP contribution in [0.25, 0.3) is 0 Å². The fraction of sp³-hybridized carbons (Fsp3) is 0.333. The van der Waals surface area contributed by atoms with Crippen molar-refractivity contribution in [3.05, 3.63) is 35.9 Å². The molecule has 1 aromatic rings. The van der Waals surface area contributed by atoms with Crippen molar-refractivity contribution in [3.8, 4) is 0 Å². The van der Waals surface area contributed by atoms with Crippen LogP contribution in [-0.2, 0) is 10.1 Å². The Morgan fingerprint density at radius 1 is 1.21 bits per heavy atom. The summed E-state index contributed by atoms with van der Waals surface area (Å²) in [4.78, 5) is 0. The first-order chi connectivity index (χ1) is 6.43. The van der Waals surface area contributed by atoms with Gasteiger partial charge in [0.05, 0.1) is 0 Å². The van der Waals surface area contributed by atoms with Crippen LogP contribution in [0.4, 0.5) is 0 Å². The van der Waals surface area contributed by atoms with Crippen molar-refractivity contribution in [3.63, 3.8) is 0 Å². The van der Waals surface area contributed by atoms with Crippen LogP contribution < -0.4 is 0 Å². The third kappa shape index (κ3) is 2.54. The number of aliphatic hydroxyl groups excluding tert-OH is 1. The topological polar surface area (TPSA) is 74.6 Å². The zero-order chi connectivity index (χ0) is 10.8. The van der Waals surface area contributed by atoms with E-state index in [9.17, 15) is 13.5 Å². The van der Waals surface area contributed by atoms with Gasteiger partial charge in [-0.2, -0.15) is 8.42 Å². The van der Waals surface area contributed by atoms with Crippen molar-refractivity contribution in [1.29, 1.82) is 0 Å². The molecule has 4 nitrogen and oxygen atoms in total. The van der Waals surface area contributed by atoms with Gasteiger partial charge >= 0.3 is 0 Å². The molecule has 78 valence electrons. The van der Waals surface area contributed by atoms with Crippen molar-refractivity contribution in [2.24, 2.45) is 0 Å². The summed E-state index contributed by atoms with van der Waals surface area (Å²) in [6.45, 7) is 1.54. The summed E-state index contributed by atoms with van der Waals surface area (Å²) < 4.78 is 29.9. The summed E-state index contributed by atoms with van der Waals surface area (Å²) >= 11 is 0. The quantitative estimate of drug-likeness (QED) is 0.739. The molecule has 0 spiro atoms. The number of hydrogen-bond acceptors (Lipinski definition) is 3. The molecule has 1 aromatic carbocycles. The van der Waals surface area contributed by atoms with Gasteiger partial charge in [-0.25, -0.2) is 0 Å². The Balaban J connectivity index is 2.92. The first-order valence-corrected chi connectivity index (χ1v) is 5.62. The zero-order valence-electron chi connectivity index (χ0n) is 7.66. The molecule has 0 fully saturated rings. The molecule has 0 aliphatic heterocycles. The summed E-state index contributed by atoms with van der Waals surface area (Å²) in [7, 11) is -4.39. The van der Waals surface area contributed by atoms with Crippen molar-refractivity contribution < 1.29 is 18.1 Å². The lowest BCUT2D eigenvalue weighted by Gasteiger charge is -2.15. The molecule has 0 aliphatic rings. The minimum Gasteiger partial charge on any atom is -0.375 e. The maximum atomic E-state index is 10.7. The summed E-state index contributed by atoms with van der Waals surface area (Å²) in [6, 6.07) is 8.65. The van der Waals surface area contributed by atoms with Gasteiger partial charge in [0.25, 0.3) is 10.1 Å². The van der Waals surface area contributed by atoms with Crippen molar-refractivity contribution in [2.75, 3.05) is 0 Å². The lowest BCUT2D eigenvalue weighted by molar-refractivity contribution is 0.209. The molecule has 0 unspecified atom stereocenters. The van der Waals surface area contributed by atoms with E-state index >= 15 is 0 Å². The molecule has 0 heterocycles. The van der Waals surface area contributed by atoms with Gasteiger partial charge < -0.3 is 5.11 Å². The van der Waals surface area contributed by atoms with E-state index in [1.807, 2.05) is 0 Å². The highest BCUT2D eigenvalue weighted by Gasteiger charge is 2.27. The SMILES string of the molecule is C[C@@H](c1ccccc1)[C@H](O)S(=O)(=O)O. The summed E-state index contributed by atoms with van der Waals surface area (Å²) in [5, 5.41) is 9.27. The molecule has 14 heavy (non-hydrogen) atoms. The van der Waals surface area contributed by atoms with Crippen LogP contribution in [0.3, 0.4) is 0 Å². The van der Waals surface area contributed by atoms with Crippen molar-refractivity contribution >= 4 is 10.1 Å². The van der Waals surface area contributed by atoms with E-state index in [0.717, 1.165) is 0 Å². The molecule has 5 heteroatoms. The molecule has 0 saturated heterocycles. The largest absolute Gasteiger partial charge is 0.375 e. The molecule has 0 radical (unpaired) electrons. The highest BCUT2D eigenvalue weighted by atomic mass is 32.2. The van der Waals surface area contributed by atoms with E-state index in [1.165, 1.54) is 6.92 Å². The van der Waals surface area contributed by atoms with Crippen molar-refractivity contribution in [1.82, 2.24) is 0 Å². The molecule has 0 aliphatic carbocycles. The number of benzene rings is 1. The van der Waals surface area contributed by atoms with Crippen LogP contribution >= 0.6 is 0 Å². The van der Waals surface area contributed by atoms with Crippen LogP contribution in [0.1, 0.15) is 18.4 Å². The second-order valence-corrected chi connectivity index (χ2v) is 4.62. The minimum absolute atomic E-state index is 0.647. The second kappa shape index (κ2) is 4.08. The summed E-state index contributed by atoms with van der Waals surface area (Å²) in [5.74, 6) is -0.647. The Morgan fingerprint density at radius 3 is 2.14 bits per heavy atom. The summed E-state index contributed by atoms with van der Waals surface area (Å²) in [5.41, 5.74) is -1.11. The molecular formula is C9H12O4S. The van der Waals surface area contributed by atoms with E-state index in [-0.39, 0.29) is 0 Å². The standard InChI is InChI=1S/C9H12O4S/c1-7(9(10)14(11,12)13)8-5-3-2-4-6-8/h2-7,9-10H,1H3,(H,11,12,13)/t7-,9+/m0/s1. The fourth-order valence-corrected chi connectivity index (χ4v) is 1.85.